The fraction of sp³-hybridized carbons (Fsp3) is 0.440. The molecule has 0 amide bonds. The summed E-state index contributed by atoms with van der Waals surface area (Å²) >= 11 is 5.91. The lowest BCUT2D eigenvalue weighted by Gasteiger charge is -2.34. The summed E-state index contributed by atoms with van der Waals surface area (Å²) in [5.41, 5.74) is 2.52. The van der Waals surface area contributed by atoms with Crippen LogP contribution < -0.4 is 10.1 Å². The summed E-state index contributed by atoms with van der Waals surface area (Å²) in [6, 6.07) is 9.07. The van der Waals surface area contributed by atoms with Gasteiger partial charge in [0.15, 0.2) is 0 Å². The molecule has 0 atom stereocenters. The topological polar surface area (TPSA) is 50.3 Å². The van der Waals surface area contributed by atoms with Gasteiger partial charge in [-0.1, -0.05) is 25.4 Å². The predicted molar refractivity (Wildman–Crippen MR) is 131 cm³/mol. The third kappa shape index (κ3) is 5.67. The summed E-state index contributed by atoms with van der Waals surface area (Å²) < 4.78 is 19.9. The molecule has 2 heterocycles. The number of likely N-dealkylation sites (tertiary alicyclic amines) is 1. The zero-order valence-electron chi connectivity index (χ0n) is 19.5. The summed E-state index contributed by atoms with van der Waals surface area (Å²) in [4.78, 5) is 11.3. The number of hydrogen-bond acceptors (Lipinski definition) is 5. The van der Waals surface area contributed by atoms with E-state index >= 15 is 0 Å². The minimum Gasteiger partial charge on any atom is -0.490 e. The molecule has 0 aliphatic carbocycles. The van der Waals surface area contributed by atoms with E-state index in [1.807, 2.05) is 32.9 Å². The summed E-state index contributed by atoms with van der Waals surface area (Å²) in [5, 5.41) is 4.13. The molecule has 32 heavy (non-hydrogen) atoms. The van der Waals surface area contributed by atoms with Gasteiger partial charge < -0.3 is 15.0 Å². The number of aromatic nitrogens is 2. The van der Waals surface area contributed by atoms with Crippen molar-refractivity contribution in [3.05, 3.63) is 53.1 Å². The maximum absolute atomic E-state index is 13.5. The molecule has 172 valence electrons. The van der Waals surface area contributed by atoms with Crippen LogP contribution in [0.15, 0.2) is 36.7 Å². The van der Waals surface area contributed by atoms with E-state index in [1.165, 1.54) is 12.4 Å². The third-order valence-corrected chi connectivity index (χ3v) is 5.90. The highest BCUT2D eigenvalue weighted by atomic mass is 35.5. The minimum atomic E-state index is -0.454. The molecule has 0 spiro atoms. The lowest BCUT2D eigenvalue weighted by Crippen LogP contribution is -2.41. The minimum absolute atomic E-state index is 0.0611. The number of nitrogens with zero attached hydrogens (tertiary/aromatic N) is 3. The molecule has 0 radical (unpaired) electrons. The Labute approximate surface area is 195 Å². The highest BCUT2D eigenvalue weighted by molar-refractivity contribution is 6.31. The molecule has 7 heteroatoms. The summed E-state index contributed by atoms with van der Waals surface area (Å²) in [5.74, 6) is 1.02. The van der Waals surface area contributed by atoms with Crippen LogP contribution in [0.2, 0.25) is 5.02 Å². The highest BCUT2D eigenvalue weighted by Gasteiger charge is 2.23. The van der Waals surface area contributed by atoms with Gasteiger partial charge in [0.1, 0.15) is 29.8 Å². The molecular weight excluding hydrogens is 427 g/mol. The van der Waals surface area contributed by atoms with Crippen molar-refractivity contribution in [2.75, 3.05) is 18.4 Å². The van der Waals surface area contributed by atoms with Crippen LogP contribution in [0.3, 0.4) is 0 Å². The molecule has 1 aliphatic heterocycles. The van der Waals surface area contributed by atoms with E-state index < -0.39 is 5.82 Å². The van der Waals surface area contributed by atoms with Crippen LogP contribution in [-0.4, -0.2) is 40.1 Å². The largest absolute Gasteiger partial charge is 0.490 e. The van der Waals surface area contributed by atoms with Crippen molar-refractivity contribution in [1.82, 2.24) is 14.9 Å². The van der Waals surface area contributed by atoms with Crippen molar-refractivity contribution in [1.29, 1.82) is 0 Å². The monoisotopic (exact) mass is 458 g/mol. The van der Waals surface area contributed by atoms with Crippen LogP contribution in [0.4, 0.5) is 15.9 Å². The number of ether oxygens (including phenoxy) is 1. The van der Waals surface area contributed by atoms with Gasteiger partial charge in [-0.2, -0.15) is 0 Å². The van der Waals surface area contributed by atoms with Crippen molar-refractivity contribution < 1.29 is 9.13 Å². The molecule has 0 bridgehead atoms. The predicted octanol–water partition coefficient (Wildman–Crippen LogP) is 6.75. The number of aryl methyl sites for hydroxylation is 1. The van der Waals surface area contributed by atoms with Crippen molar-refractivity contribution in [3.8, 4) is 5.75 Å². The van der Waals surface area contributed by atoms with E-state index in [-0.39, 0.29) is 11.1 Å². The van der Waals surface area contributed by atoms with E-state index in [9.17, 15) is 4.39 Å². The Hall–Kier alpha value is -2.44. The maximum Gasteiger partial charge on any atom is 0.141 e. The Bertz CT molecular complexity index is 1050. The Morgan fingerprint density at radius 2 is 1.84 bits per heavy atom. The number of anilines is 2. The van der Waals surface area contributed by atoms with Gasteiger partial charge in [-0.05, 0) is 69.5 Å². The van der Waals surface area contributed by atoms with Gasteiger partial charge >= 0.3 is 0 Å². The van der Waals surface area contributed by atoms with Gasteiger partial charge in [0.05, 0.1) is 10.5 Å². The van der Waals surface area contributed by atoms with Crippen molar-refractivity contribution in [3.63, 3.8) is 0 Å². The van der Waals surface area contributed by atoms with Gasteiger partial charge in [-0.3, -0.25) is 0 Å². The zero-order chi connectivity index (χ0) is 23.3. The second-order valence-corrected chi connectivity index (χ2v) is 8.47. The Morgan fingerprint density at radius 1 is 1.12 bits per heavy atom. The number of nitrogens with one attached hydrogen (secondary N) is 1. The molecule has 1 saturated heterocycles. The van der Waals surface area contributed by atoms with Crippen molar-refractivity contribution in [2.45, 2.75) is 59.6 Å². The Kier molecular flexibility index (Phi) is 8.26. The fourth-order valence-corrected chi connectivity index (χ4v) is 3.99. The van der Waals surface area contributed by atoms with Crippen LogP contribution in [0.1, 0.15) is 46.1 Å². The second-order valence-electron chi connectivity index (χ2n) is 8.06. The molecule has 3 aromatic rings. The highest BCUT2D eigenvalue weighted by Crippen LogP contribution is 2.32. The van der Waals surface area contributed by atoms with Gasteiger partial charge in [-0.15, -0.1) is 0 Å². The molecule has 1 aliphatic rings. The number of halogens is 2. The van der Waals surface area contributed by atoms with Gasteiger partial charge in [0.2, 0.25) is 0 Å². The summed E-state index contributed by atoms with van der Waals surface area (Å²) in [6.45, 7) is 12.6. The molecule has 1 aromatic heterocycles. The quantitative estimate of drug-likeness (QED) is 0.458. The number of hydrogen-bond donors (Lipinski definition) is 1. The molecule has 1 N–H and O–H groups in total. The molecular formula is C25H32ClFN4O. The average Bonchev–Trinajstić information content (AvgIpc) is 2.79. The van der Waals surface area contributed by atoms with E-state index in [1.54, 1.807) is 12.1 Å². The first-order valence-electron chi connectivity index (χ1n) is 11.3. The Morgan fingerprint density at radius 3 is 2.50 bits per heavy atom. The molecule has 2 aromatic carbocycles. The van der Waals surface area contributed by atoms with E-state index in [0.29, 0.717) is 17.5 Å². The molecule has 0 unspecified atom stereocenters. The van der Waals surface area contributed by atoms with E-state index in [0.717, 1.165) is 48.1 Å². The van der Waals surface area contributed by atoms with Gasteiger partial charge in [0, 0.05) is 30.2 Å². The fourth-order valence-electron chi connectivity index (χ4n) is 3.81. The molecule has 5 nitrogen and oxygen atoms in total. The van der Waals surface area contributed by atoms with E-state index in [2.05, 4.69) is 34.0 Å². The summed E-state index contributed by atoms with van der Waals surface area (Å²) in [7, 11) is 0. The zero-order valence-corrected chi connectivity index (χ0v) is 20.2. The smallest absolute Gasteiger partial charge is 0.141 e. The van der Waals surface area contributed by atoms with Crippen LogP contribution in [0.25, 0.3) is 10.9 Å². The average molecular weight is 459 g/mol. The van der Waals surface area contributed by atoms with Crippen LogP contribution >= 0.6 is 11.6 Å². The molecule has 0 saturated carbocycles. The normalized spacial score (nSPS) is 14.9. The Balaban J connectivity index is 0.00000141. The lowest BCUT2D eigenvalue weighted by molar-refractivity contribution is 0.0839. The molecule has 1 fully saturated rings. The summed E-state index contributed by atoms with van der Waals surface area (Å²) in [6.07, 6.45) is 3.74. The number of benzene rings is 2. The lowest BCUT2D eigenvalue weighted by atomic mass is 10.1. The van der Waals surface area contributed by atoms with Crippen LogP contribution in [0, 0.1) is 12.7 Å². The first-order valence-corrected chi connectivity index (χ1v) is 11.7. The SMILES string of the molecule is CC.Cc1cc2ncnc(Nc3ccc(F)c(Cl)c3)c2cc1OC1CCN(C(C)C)CC1. The number of rotatable bonds is 5. The standard InChI is InChI=1S/C23H26ClFN4O.C2H6/c1-14(2)29-8-6-17(7-9-29)30-22-12-18-21(10-15(22)3)26-13-27-23(18)28-16-4-5-20(25)19(24)11-16;1-2/h4-5,10-14,17H,6-9H2,1-3H3,(H,26,27,28);1-2H3. The van der Waals surface area contributed by atoms with Crippen molar-refractivity contribution in [2.24, 2.45) is 0 Å². The number of fused-ring (bicyclic) bond motifs is 1. The van der Waals surface area contributed by atoms with Gasteiger partial charge in [0.25, 0.3) is 0 Å². The maximum atomic E-state index is 13.5. The second kappa shape index (κ2) is 10.9. The van der Waals surface area contributed by atoms with Crippen molar-refractivity contribution >= 4 is 34.0 Å². The van der Waals surface area contributed by atoms with Crippen LogP contribution in [0.5, 0.6) is 5.75 Å². The molecule has 4 rings (SSSR count). The number of piperidine rings is 1. The van der Waals surface area contributed by atoms with Crippen LogP contribution in [-0.2, 0) is 0 Å². The first kappa shape index (κ1) is 24.2. The van der Waals surface area contributed by atoms with Gasteiger partial charge in [-0.25, -0.2) is 14.4 Å². The first-order chi connectivity index (χ1) is 15.4. The third-order valence-electron chi connectivity index (χ3n) is 5.61. The van der Waals surface area contributed by atoms with E-state index in [4.69, 9.17) is 16.3 Å².